The second kappa shape index (κ2) is 6.05. The summed E-state index contributed by atoms with van der Waals surface area (Å²) in [4.78, 5) is 2.63. The highest BCUT2D eigenvalue weighted by molar-refractivity contribution is 5.03. The van der Waals surface area contributed by atoms with E-state index in [0.717, 1.165) is 38.2 Å². The lowest BCUT2D eigenvalue weighted by Gasteiger charge is -2.52. The second-order valence-corrected chi connectivity index (χ2v) is 7.50. The molecule has 1 aromatic heterocycles. The van der Waals surface area contributed by atoms with Crippen LogP contribution in [0.2, 0.25) is 0 Å². The van der Waals surface area contributed by atoms with Crippen molar-refractivity contribution in [3.8, 4) is 0 Å². The lowest BCUT2D eigenvalue weighted by Crippen LogP contribution is -2.66. The number of aryl methyl sites for hydroxylation is 1. The zero-order chi connectivity index (χ0) is 15.7. The molecule has 0 radical (unpaired) electrons. The van der Waals surface area contributed by atoms with Gasteiger partial charge in [-0.3, -0.25) is 9.58 Å². The number of aromatic nitrogens is 3. The molecule has 1 unspecified atom stereocenters. The normalized spacial score (nSPS) is 23.4. The van der Waals surface area contributed by atoms with Crippen LogP contribution < -0.4 is 5.32 Å². The van der Waals surface area contributed by atoms with Crippen molar-refractivity contribution in [3.05, 3.63) is 11.9 Å². The zero-order valence-electron chi connectivity index (χ0n) is 14.5. The van der Waals surface area contributed by atoms with E-state index >= 15 is 0 Å². The highest BCUT2D eigenvalue weighted by Crippen LogP contribution is 2.32. The lowest BCUT2D eigenvalue weighted by molar-refractivity contribution is 0.000614. The van der Waals surface area contributed by atoms with Gasteiger partial charge in [-0.1, -0.05) is 39.8 Å². The maximum Gasteiger partial charge on any atom is 0.0967 e. The lowest BCUT2D eigenvalue weighted by atomic mass is 9.80. The van der Waals surface area contributed by atoms with E-state index in [-0.39, 0.29) is 11.0 Å². The number of hydrogen-bond acceptors (Lipinski definition) is 4. The summed E-state index contributed by atoms with van der Waals surface area (Å²) in [5.74, 6) is 0. The van der Waals surface area contributed by atoms with Crippen LogP contribution in [0, 0.1) is 5.41 Å². The van der Waals surface area contributed by atoms with Crippen LogP contribution in [-0.2, 0) is 13.6 Å². The van der Waals surface area contributed by atoms with Gasteiger partial charge in [-0.2, -0.15) is 0 Å². The fourth-order valence-corrected chi connectivity index (χ4v) is 3.33. The highest BCUT2D eigenvalue weighted by atomic mass is 15.4. The van der Waals surface area contributed by atoms with Crippen molar-refractivity contribution >= 4 is 0 Å². The van der Waals surface area contributed by atoms with E-state index < -0.39 is 0 Å². The molecule has 0 aliphatic carbocycles. The summed E-state index contributed by atoms with van der Waals surface area (Å²) in [7, 11) is 1.93. The molecule has 2 rings (SSSR count). The molecule has 1 atom stereocenters. The van der Waals surface area contributed by atoms with E-state index in [0.29, 0.717) is 6.04 Å². The van der Waals surface area contributed by atoms with E-state index in [1.807, 2.05) is 13.2 Å². The van der Waals surface area contributed by atoms with Crippen LogP contribution in [0.5, 0.6) is 0 Å². The zero-order valence-corrected chi connectivity index (χ0v) is 14.5. The van der Waals surface area contributed by atoms with Crippen molar-refractivity contribution < 1.29 is 0 Å². The molecule has 1 aliphatic heterocycles. The molecule has 1 fully saturated rings. The molecule has 0 amide bonds. The highest BCUT2D eigenvalue weighted by Gasteiger charge is 2.42. The van der Waals surface area contributed by atoms with Crippen molar-refractivity contribution in [1.29, 1.82) is 0 Å². The SMILES string of the molecule is CCC1(CC)CNC(C(C)(C)C)CN1Cc1cn(C)nn1. The maximum atomic E-state index is 4.28. The first-order valence-electron chi connectivity index (χ1n) is 8.14. The van der Waals surface area contributed by atoms with E-state index in [1.54, 1.807) is 4.68 Å². The maximum absolute atomic E-state index is 4.28. The minimum absolute atomic E-state index is 0.235. The van der Waals surface area contributed by atoms with Crippen LogP contribution in [0.1, 0.15) is 53.2 Å². The summed E-state index contributed by atoms with van der Waals surface area (Å²) >= 11 is 0. The number of nitrogens with zero attached hydrogens (tertiary/aromatic N) is 4. The average molecular weight is 293 g/mol. The molecule has 0 aromatic carbocycles. The fourth-order valence-electron chi connectivity index (χ4n) is 3.33. The van der Waals surface area contributed by atoms with Gasteiger partial charge in [-0.15, -0.1) is 5.10 Å². The fraction of sp³-hybridized carbons (Fsp3) is 0.875. The van der Waals surface area contributed by atoms with Crippen molar-refractivity contribution in [2.45, 2.75) is 65.6 Å². The molecular formula is C16H31N5. The topological polar surface area (TPSA) is 46.0 Å². The van der Waals surface area contributed by atoms with E-state index in [1.165, 1.54) is 0 Å². The van der Waals surface area contributed by atoms with Crippen molar-refractivity contribution in [2.75, 3.05) is 13.1 Å². The Morgan fingerprint density at radius 3 is 2.48 bits per heavy atom. The van der Waals surface area contributed by atoms with Crippen LogP contribution in [0.25, 0.3) is 0 Å². The minimum atomic E-state index is 0.235. The summed E-state index contributed by atoms with van der Waals surface area (Å²) < 4.78 is 1.79. The summed E-state index contributed by atoms with van der Waals surface area (Å²) in [6, 6.07) is 0.514. The monoisotopic (exact) mass is 293 g/mol. The second-order valence-electron chi connectivity index (χ2n) is 7.50. The average Bonchev–Trinajstić information content (AvgIpc) is 2.83. The van der Waals surface area contributed by atoms with Gasteiger partial charge in [0, 0.05) is 44.5 Å². The number of hydrogen-bond donors (Lipinski definition) is 1. The van der Waals surface area contributed by atoms with Crippen LogP contribution in [-0.4, -0.2) is 44.6 Å². The Kier molecular flexibility index (Phi) is 4.73. The van der Waals surface area contributed by atoms with Crippen molar-refractivity contribution in [3.63, 3.8) is 0 Å². The molecule has 1 N–H and O–H groups in total. The molecule has 1 aromatic rings. The van der Waals surface area contributed by atoms with Gasteiger partial charge in [-0.05, 0) is 18.3 Å². The number of rotatable bonds is 4. The van der Waals surface area contributed by atoms with Crippen molar-refractivity contribution in [1.82, 2.24) is 25.2 Å². The molecule has 0 bridgehead atoms. The Morgan fingerprint density at radius 2 is 2.00 bits per heavy atom. The van der Waals surface area contributed by atoms with Gasteiger partial charge in [0.1, 0.15) is 0 Å². The molecule has 2 heterocycles. The number of nitrogens with one attached hydrogen (secondary N) is 1. The third kappa shape index (κ3) is 3.46. The van der Waals surface area contributed by atoms with Crippen LogP contribution in [0.15, 0.2) is 6.20 Å². The van der Waals surface area contributed by atoms with Crippen molar-refractivity contribution in [2.24, 2.45) is 12.5 Å². The Morgan fingerprint density at radius 1 is 1.33 bits per heavy atom. The molecular weight excluding hydrogens is 262 g/mol. The van der Waals surface area contributed by atoms with Crippen LogP contribution in [0.3, 0.4) is 0 Å². The molecule has 5 heteroatoms. The molecule has 1 aliphatic rings. The summed E-state index contributed by atoms with van der Waals surface area (Å²) in [6.07, 6.45) is 4.35. The third-order valence-electron chi connectivity index (χ3n) is 5.12. The predicted octanol–water partition coefficient (Wildman–Crippen LogP) is 2.19. The summed E-state index contributed by atoms with van der Waals surface area (Å²) in [6.45, 7) is 14.6. The molecule has 21 heavy (non-hydrogen) atoms. The first-order valence-corrected chi connectivity index (χ1v) is 8.14. The van der Waals surface area contributed by atoms with Gasteiger partial charge < -0.3 is 5.32 Å². The number of piperazine rings is 1. The van der Waals surface area contributed by atoms with Crippen LogP contribution >= 0.6 is 0 Å². The summed E-state index contributed by atoms with van der Waals surface area (Å²) in [5.41, 5.74) is 1.58. The van der Waals surface area contributed by atoms with Gasteiger partial charge in [0.2, 0.25) is 0 Å². The smallest absolute Gasteiger partial charge is 0.0967 e. The Labute approximate surface area is 129 Å². The van der Waals surface area contributed by atoms with E-state index in [4.69, 9.17) is 0 Å². The van der Waals surface area contributed by atoms with Gasteiger partial charge in [0.05, 0.1) is 5.69 Å². The molecule has 5 nitrogen and oxygen atoms in total. The quantitative estimate of drug-likeness (QED) is 0.924. The van der Waals surface area contributed by atoms with Gasteiger partial charge in [0.25, 0.3) is 0 Å². The first-order chi connectivity index (χ1) is 9.80. The van der Waals surface area contributed by atoms with Crippen LogP contribution in [0.4, 0.5) is 0 Å². The van der Waals surface area contributed by atoms with Gasteiger partial charge in [0.15, 0.2) is 0 Å². The Hall–Kier alpha value is -0.940. The first kappa shape index (κ1) is 16.4. The third-order valence-corrected chi connectivity index (χ3v) is 5.12. The summed E-state index contributed by atoms with van der Waals surface area (Å²) in [5, 5.41) is 12.1. The largest absolute Gasteiger partial charge is 0.310 e. The minimum Gasteiger partial charge on any atom is -0.310 e. The van der Waals surface area contributed by atoms with E-state index in [2.05, 4.69) is 55.1 Å². The standard InChI is InChI=1S/C16H31N5/c1-7-16(8-2)12-17-14(15(3,4)5)11-21(16)10-13-9-20(6)19-18-13/h9,14,17H,7-8,10-12H2,1-6H3. The molecule has 1 saturated heterocycles. The van der Waals surface area contributed by atoms with E-state index in [9.17, 15) is 0 Å². The Balaban J connectivity index is 2.20. The molecule has 0 spiro atoms. The molecule has 0 saturated carbocycles. The Bertz CT molecular complexity index is 455. The predicted molar refractivity (Wildman–Crippen MR) is 86.0 cm³/mol. The van der Waals surface area contributed by atoms with Gasteiger partial charge >= 0.3 is 0 Å². The molecule has 120 valence electrons. The van der Waals surface area contributed by atoms with Gasteiger partial charge in [-0.25, -0.2) is 0 Å².